The van der Waals surface area contributed by atoms with Gasteiger partial charge >= 0.3 is 0 Å². The lowest BCUT2D eigenvalue weighted by molar-refractivity contribution is -0.121. The minimum absolute atomic E-state index is 0.0860. The molecule has 0 saturated heterocycles. The largest absolute Gasteiger partial charge is 0.497 e. The average Bonchev–Trinajstić information content (AvgIpc) is 2.78. The molecule has 6 nitrogen and oxygen atoms in total. The molecule has 3 aromatic rings. The topological polar surface area (TPSA) is 84.5 Å². The van der Waals surface area contributed by atoms with Crippen LogP contribution in [0.5, 0.6) is 5.75 Å². The van der Waals surface area contributed by atoms with Crippen molar-refractivity contribution >= 4 is 15.9 Å². The Kier molecular flexibility index (Phi) is 7.38. The summed E-state index contributed by atoms with van der Waals surface area (Å²) in [4.78, 5) is 12.5. The van der Waals surface area contributed by atoms with Crippen LogP contribution in [0.2, 0.25) is 0 Å². The molecule has 0 bridgehead atoms. The van der Waals surface area contributed by atoms with Crippen molar-refractivity contribution in [2.24, 2.45) is 0 Å². The predicted octanol–water partition coefficient (Wildman–Crippen LogP) is 3.56. The summed E-state index contributed by atoms with van der Waals surface area (Å²) >= 11 is 0. The second-order valence-electron chi connectivity index (χ2n) is 6.87. The van der Waals surface area contributed by atoms with Gasteiger partial charge < -0.3 is 10.1 Å². The minimum atomic E-state index is -3.98. The first-order valence-electron chi connectivity index (χ1n) is 9.60. The van der Waals surface area contributed by atoms with E-state index in [0.29, 0.717) is 17.9 Å². The zero-order valence-electron chi connectivity index (χ0n) is 16.9. The SMILES string of the molecule is COc1ccc([C@H](CC(=O)NCc2ccccc2)NS(=O)(=O)c2ccc(F)cc2)cc1. The van der Waals surface area contributed by atoms with Gasteiger partial charge in [0.05, 0.1) is 18.0 Å². The number of methoxy groups -OCH3 is 1. The highest BCUT2D eigenvalue weighted by Gasteiger charge is 2.24. The van der Waals surface area contributed by atoms with Gasteiger partial charge in [-0.05, 0) is 47.5 Å². The number of carbonyl (C=O) groups is 1. The summed E-state index contributed by atoms with van der Waals surface area (Å²) in [5.41, 5.74) is 1.53. The first-order valence-corrected chi connectivity index (χ1v) is 11.1. The number of benzene rings is 3. The second kappa shape index (κ2) is 10.2. The highest BCUT2D eigenvalue weighted by molar-refractivity contribution is 7.89. The first-order chi connectivity index (χ1) is 14.9. The van der Waals surface area contributed by atoms with E-state index in [1.807, 2.05) is 30.3 Å². The molecule has 3 rings (SSSR count). The molecule has 8 heteroatoms. The lowest BCUT2D eigenvalue weighted by Gasteiger charge is -2.19. The van der Waals surface area contributed by atoms with Crippen LogP contribution < -0.4 is 14.8 Å². The Bertz CT molecular complexity index is 1100. The van der Waals surface area contributed by atoms with Crippen LogP contribution >= 0.6 is 0 Å². The molecule has 0 aliphatic rings. The van der Waals surface area contributed by atoms with Gasteiger partial charge in [0.2, 0.25) is 15.9 Å². The highest BCUT2D eigenvalue weighted by Crippen LogP contribution is 2.23. The minimum Gasteiger partial charge on any atom is -0.497 e. The number of carbonyl (C=O) groups excluding carboxylic acids is 1. The normalized spacial score (nSPS) is 12.2. The number of nitrogens with one attached hydrogen (secondary N) is 2. The number of hydrogen-bond acceptors (Lipinski definition) is 4. The number of rotatable bonds is 9. The van der Waals surface area contributed by atoms with Gasteiger partial charge in [-0.15, -0.1) is 0 Å². The maximum atomic E-state index is 13.2. The molecule has 0 fully saturated rings. The van der Waals surface area contributed by atoms with Crippen molar-refractivity contribution in [2.75, 3.05) is 7.11 Å². The quantitative estimate of drug-likeness (QED) is 0.531. The van der Waals surface area contributed by atoms with Gasteiger partial charge in [-0.25, -0.2) is 17.5 Å². The molecule has 0 saturated carbocycles. The lowest BCUT2D eigenvalue weighted by atomic mass is 10.0. The van der Waals surface area contributed by atoms with E-state index in [2.05, 4.69) is 10.0 Å². The van der Waals surface area contributed by atoms with E-state index in [9.17, 15) is 17.6 Å². The van der Waals surface area contributed by atoms with Gasteiger partial charge in [-0.3, -0.25) is 4.79 Å². The summed E-state index contributed by atoms with van der Waals surface area (Å²) in [5.74, 6) is -0.241. The zero-order chi connectivity index (χ0) is 22.3. The third-order valence-electron chi connectivity index (χ3n) is 4.66. The molecule has 162 valence electrons. The van der Waals surface area contributed by atoms with Crippen LogP contribution in [0, 0.1) is 5.82 Å². The van der Waals surface area contributed by atoms with Gasteiger partial charge in [0.25, 0.3) is 0 Å². The summed E-state index contributed by atoms with van der Waals surface area (Å²) in [6.07, 6.45) is -0.112. The molecule has 0 heterocycles. The van der Waals surface area contributed by atoms with Crippen molar-refractivity contribution in [2.45, 2.75) is 23.9 Å². The van der Waals surface area contributed by atoms with Crippen LogP contribution in [0.1, 0.15) is 23.6 Å². The molecule has 0 spiro atoms. The van der Waals surface area contributed by atoms with E-state index >= 15 is 0 Å². The van der Waals surface area contributed by atoms with E-state index in [4.69, 9.17) is 4.74 Å². The molecule has 1 amide bonds. The summed E-state index contributed by atoms with van der Waals surface area (Å²) in [5, 5.41) is 2.81. The van der Waals surface area contributed by atoms with Gasteiger partial charge in [0, 0.05) is 13.0 Å². The fourth-order valence-corrected chi connectivity index (χ4v) is 4.21. The molecule has 0 aliphatic carbocycles. The van der Waals surface area contributed by atoms with Crippen molar-refractivity contribution in [3.8, 4) is 5.75 Å². The number of ether oxygens (including phenoxy) is 1. The van der Waals surface area contributed by atoms with E-state index in [1.165, 1.54) is 19.2 Å². The summed E-state index contributed by atoms with van der Waals surface area (Å²) < 4.78 is 46.5. The molecule has 31 heavy (non-hydrogen) atoms. The molecule has 0 aliphatic heterocycles. The fraction of sp³-hybridized carbons (Fsp3) is 0.174. The number of halogens is 1. The third-order valence-corrected chi connectivity index (χ3v) is 6.15. The molecular weight excluding hydrogens is 419 g/mol. The van der Waals surface area contributed by atoms with Crippen LogP contribution in [0.3, 0.4) is 0 Å². The first kappa shape index (κ1) is 22.5. The standard InChI is InChI=1S/C23H23FN2O4S/c1-30-20-11-7-18(8-12-20)22(15-23(27)25-16-17-5-3-2-4-6-17)26-31(28,29)21-13-9-19(24)10-14-21/h2-14,22,26H,15-16H2,1H3,(H,25,27)/t22-/m0/s1. The van der Waals surface area contributed by atoms with Crippen molar-refractivity contribution in [3.05, 3.63) is 95.8 Å². The zero-order valence-corrected chi connectivity index (χ0v) is 17.7. The van der Waals surface area contributed by atoms with Crippen molar-refractivity contribution in [1.29, 1.82) is 0 Å². The Labute approximate surface area is 181 Å². The van der Waals surface area contributed by atoms with Crippen LogP contribution in [0.4, 0.5) is 4.39 Å². The van der Waals surface area contributed by atoms with Gasteiger partial charge in [0.1, 0.15) is 11.6 Å². The van der Waals surface area contributed by atoms with E-state index < -0.39 is 21.9 Å². The Morgan fingerprint density at radius 3 is 2.23 bits per heavy atom. The Morgan fingerprint density at radius 1 is 0.968 bits per heavy atom. The highest BCUT2D eigenvalue weighted by atomic mass is 32.2. The van der Waals surface area contributed by atoms with Crippen LogP contribution in [0.25, 0.3) is 0 Å². The van der Waals surface area contributed by atoms with Crippen molar-refractivity contribution in [1.82, 2.24) is 10.0 Å². The maximum absolute atomic E-state index is 13.2. The van der Waals surface area contributed by atoms with Crippen LogP contribution in [-0.4, -0.2) is 21.4 Å². The molecule has 1 atom stereocenters. The number of sulfonamides is 1. The maximum Gasteiger partial charge on any atom is 0.241 e. The van der Waals surface area contributed by atoms with Crippen LogP contribution in [-0.2, 0) is 21.4 Å². The summed E-state index contributed by atoms with van der Waals surface area (Å²) in [7, 11) is -2.45. The van der Waals surface area contributed by atoms with E-state index in [1.54, 1.807) is 24.3 Å². The number of amides is 1. The molecule has 0 unspecified atom stereocenters. The monoisotopic (exact) mass is 442 g/mol. The fourth-order valence-electron chi connectivity index (χ4n) is 2.99. The third kappa shape index (κ3) is 6.37. The Balaban J connectivity index is 1.78. The van der Waals surface area contributed by atoms with E-state index in [0.717, 1.165) is 17.7 Å². The van der Waals surface area contributed by atoms with Crippen LogP contribution in [0.15, 0.2) is 83.8 Å². The molecule has 2 N–H and O–H groups in total. The smallest absolute Gasteiger partial charge is 0.241 e. The van der Waals surface area contributed by atoms with Crippen molar-refractivity contribution in [3.63, 3.8) is 0 Å². The number of hydrogen-bond donors (Lipinski definition) is 2. The molecular formula is C23H23FN2O4S. The van der Waals surface area contributed by atoms with Gasteiger partial charge in [-0.1, -0.05) is 42.5 Å². The Hall–Kier alpha value is -3.23. The Morgan fingerprint density at radius 2 is 1.61 bits per heavy atom. The van der Waals surface area contributed by atoms with Gasteiger partial charge in [-0.2, -0.15) is 0 Å². The molecule has 0 radical (unpaired) electrons. The van der Waals surface area contributed by atoms with E-state index in [-0.39, 0.29) is 17.2 Å². The second-order valence-corrected chi connectivity index (χ2v) is 8.58. The molecule has 0 aromatic heterocycles. The predicted molar refractivity (Wildman–Crippen MR) is 115 cm³/mol. The average molecular weight is 443 g/mol. The molecule has 3 aromatic carbocycles. The van der Waals surface area contributed by atoms with Gasteiger partial charge in [0.15, 0.2) is 0 Å². The lowest BCUT2D eigenvalue weighted by Crippen LogP contribution is -2.33. The summed E-state index contributed by atoms with van der Waals surface area (Å²) in [6.45, 7) is 0.333. The van der Waals surface area contributed by atoms with Crippen molar-refractivity contribution < 1.29 is 22.3 Å². The summed E-state index contributed by atoms with van der Waals surface area (Å²) in [6, 6.07) is 19.9.